The van der Waals surface area contributed by atoms with Crippen molar-refractivity contribution in [2.24, 2.45) is 28.1 Å². The number of amides is 2. The number of fused-ring (bicyclic) bond motifs is 2. The zero-order chi connectivity index (χ0) is 10.3. The van der Waals surface area contributed by atoms with E-state index in [4.69, 9.17) is 5.73 Å². The number of nitrogens with zero attached hydrogens (tertiary/aromatic N) is 1. The van der Waals surface area contributed by atoms with Crippen LogP contribution in [0.2, 0.25) is 0 Å². The fourth-order valence-corrected chi connectivity index (χ4v) is 2.97. The van der Waals surface area contributed by atoms with E-state index in [0.717, 1.165) is 11.6 Å². The molecule has 3 N–H and O–H groups in total. The number of primary amides is 1. The van der Waals surface area contributed by atoms with Gasteiger partial charge in [-0.3, -0.25) is 0 Å². The lowest BCUT2D eigenvalue weighted by Crippen LogP contribution is -2.34. The van der Waals surface area contributed by atoms with E-state index in [9.17, 15) is 4.79 Å². The molecular formula is C10H17N3O. The molecule has 14 heavy (non-hydrogen) atoms. The molecule has 78 valence electrons. The van der Waals surface area contributed by atoms with Crippen molar-refractivity contribution in [3.63, 3.8) is 0 Å². The second kappa shape index (κ2) is 2.97. The number of hydrazone groups is 1. The smallest absolute Gasteiger partial charge is 0.332 e. The van der Waals surface area contributed by atoms with Gasteiger partial charge in [-0.2, -0.15) is 5.10 Å². The summed E-state index contributed by atoms with van der Waals surface area (Å²) < 4.78 is 0. The summed E-state index contributed by atoms with van der Waals surface area (Å²) in [5.74, 6) is 1.31. The maximum atomic E-state index is 10.6. The van der Waals surface area contributed by atoms with Gasteiger partial charge in [-0.15, -0.1) is 0 Å². The fourth-order valence-electron chi connectivity index (χ4n) is 2.97. The molecule has 2 amide bonds. The third-order valence-electron chi connectivity index (χ3n) is 3.79. The number of hydrogen-bond acceptors (Lipinski definition) is 2. The molecule has 0 radical (unpaired) electrons. The predicted octanol–water partition coefficient (Wildman–Crippen LogP) is 1.47. The molecule has 0 spiro atoms. The topological polar surface area (TPSA) is 67.5 Å². The minimum absolute atomic E-state index is 0.144. The Hall–Kier alpha value is -1.06. The number of nitrogens with two attached hydrogens (primary N) is 1. The molecule has 0 saturated heterocycles. The molecule has 2 saturated carbocycles. The fraction of sp³-hybridized carbons (Fsp3) is 0.800. The second-order valence-corrected chi connectivity index (χ2v) is 4.90. The number of urea groups is 1. The summed E-state index contributed by atoms with van der Waals surface area (Å²) in [6.07, 6.45) is 3.74. The first-order valence-corrected chi connectivity index (χ1v) is 5.15. The van der Waals surface area contributed by atoms with E-state index in [1.807, 2.05) is 0 Å². The lowest BCUT2D eigenvalue weighted by molar-refractivity contribution is 0.249. The molecular weight excluding hydrogens is 178 g/mol. The standard InChI is InChI=1S/C10H17N3O/c1-10(2)7-4-3-6(5-7)8(10)12-13-9(11)14/h6-7H,3-5H2,1-2H3,(H3,11,13,14). The molecule has 0 heterocycles. The Bertz CT molecular complexity index is 296. The van der Waals surface area contributed by atoms with Gasteiger partial charge in [-0.25, -0.2) is 10.2 Å². The predicted molar refractivity (Wildman–Crippen MR) is 54.8 cm³/mol. The number of nitrogens with one attached hydrogen (secondary N) is 1. The van der Waals surface area contributed by atoms with Gasteiger partial charge in [0.25, 0.3) is 0 Å². The molecule has 2 aliphatic carbocycles. The normalized spacial score (nSPS) is 36.3. The molecule has 0 aromatic carbocycles. The molecule has 0 aromatic heterocycles. The Morgan fingerprint density at radius 2 is 2.29 bits per heavy atom. The molecule has 4 heteroatoms. The highest BCUT2D eigenvalue weighted by molar-refractivity contribution is 5.95. The molecule has 2 aliphatic rings. The zero-order valence-corrected chi connectivity index (χ0v) is 8.71. The van der Waals surface area contributed by atoms with E-state index in [1.165, 1.54) is 19.3 Å². The van der Waals surface area contributed by atoms with Gasteiger partial charge < -0.3 is 5.73 Å². The summed E-state index contributed by atoms with van der Waals surface area (Å²) in [5.41, 5.74) is 8.63. The third kappa shape index (κ3) is 1.29. The van der Waals surface area contributed by atoms with Gasteiger partial charge in [0.2, 0.25) is 0 Å². The van der Waals surface area contributed by atoms with Gasteiger partial charge in [-0.1, -0.05) is 13.8 Å². The number of carbonyl (C=O) groups excluding carboxylic acids is 1. The Morgan fingerprint density at radius 1 is 1.57 bits per heavy atom. The molecule has 2 bridgehead atoms. The van der Waals surface area contributed by atoms with Gasteiger partial charge in [0.1, 0.15) is 0 Å². The summed E-state index contributed by atoms with van der Waals surface area (Å²) in [6, 6.07) is -0.573. The van der Waals surface area contributed by atoms with E-state index < -0.39 is 6.03 Å². The largest absolute Gasteiger partial charge is 0.350 e. The van der Waals surface area contributed by atoms with Gasteiger partial charge >= 0.3 is 6.03 Å². The van der Waals surface area contributed by atoms with E-state index in [-0.39, 0.29) is 5.41 Å². The minimum Gasteiger partial charge on any atom is -0.350 e. The zero-order valence-electron chi connectivity index (χ0n) is 8.71. The van der Waals surface area contributed by atoms with E-state index in [2.05, 4.69) is 24.4 Å². The molecule has 4 nitrogen and oxygen atoms in total. The lowest BCUT2D eigenvalue weighted by atomic mass is 9.75. The Balaban J connectivity index is 2.19. The summed E-state index contributed by atoms with van der Waals surface area (Å²) in [4.78, 5) is 10.6. The van der Waals surface area contributed by atoms with Crippen molar-refractivity contribution in [3.05, 3.63) is 0 Å². The van der Waals surface area contributed by atoms with Crippen LogP contribution in [0.4, 0.5) is 4.79 Å². The van der Waals surface area contributed by atoms with Crippen molar-refractivity contribution < 1.29 is 4.79 Å². The van der Waals surface area contributed by atoms with Crippen LogP contribution in [-0.2, 0) is 0 Å². The summed E-state index contributed by atoms with van der Waals surface area (Å²) in [6.45, 7) is 4.41. The lowest BCUT2D eigenvalue weighted by Gasteiger charge is -2.30. The van der Waals surface area contributed by atoms with E-state index >= 15 is 0 Å². The summed E-state index contributed by atoms with van der Waals surface area (Å²) >= 11 is 0. The van der Waals surface area contributed by atoms with Crippen LogP contribution in [0, 0.1) is 17.3 Å². The van der Waals surface area contributed by atoms with Gasteiger partial charge in [0.15, 0.2) is 0 Å². The van der Waals surface area contributed by atoms with Crippen molar-refractivity contribution >= 4 is 11.7 Å². The average Bonchev–Trinajstić information content (AvgIpc) is 2.59. The maximum Gasteiger partial charge on any atom is 0.332 e. The Kier molecular flexibility index (Phi) is 2.01. The maximum absolute atomic E-state index is 10.6. The number of hydrogen-bond donors (Lipinski definition) is 2. The van der Waals surface area contributed by atoms with Crippen LogP contribution in [0.25, 0.3) is 0 Å². The van der Waals surface area contributed by atoms with Crippen LogP contribution < -0.4 is 11.2 Å². The third-order valence-corrected chi connectivity index (χ3v) is 3.79. The average molecular weight is 195 g/mol. The van der Waals surface area contributed by atoms with Crippen molar-refractivity contribution in [2.75, 3.05) is 0 Å². The van der Waals surface area contributed by atoms with Gasteiger partial charge in [0, 0.05) is 11.1 Å². The minimum atomic E-state index is -0.573. The van der Waals surface area contributed by atoms with Crippen LogP contribution in [0.3, 0.4) is 0 Å². The highest BCUT2D eigenvalue weighted by Crippen LogP contribution is 2.53. The molecule has 2 atom stereocenters. The molecule has 0 aliphatic heterocycles. The highest BCUT2D eigenvalue weighted by atomic mass is 16.2. The molecule has 2 rings (SSSR count). The number of carbonyl (C=O) groups is 1. The summed E-state index contributed by atoms with van der Waals surface area (Å²) in [5, 5.41) is 4.15. The van der Waals surface area contributed by atoms with Crippen molar-refractivity contribution in [3.8, 4) is 0 Å². The van der Waals surface area contributed by atoms with E-state index in [1.54, 1.807) is 0 Å². The SMILES string of the molecule is CC1(C)C(=NNC(N)=O)C2CCC1C2. The first-order valence-electron chi connectivity index (χ1n) is 5.15. The van der Waals surface area contributed by atoms with Crippen molar-refractivity contribution in [2.45, 2.75) is 33.1 Å². The first-order chi connectivity index (χ1) is 6.51. The van der Waals surface area contributed by atoms with Gasteiger partial charge in [0.05, 0.1) is 0 Å². The molecule has 0 aromatic rings. The van der Waals surface area contributed by atoms with Crippen LogP contribution in [0.15, 0.2) is 5.10 Å². The highest BCUT2D eigenvalue weighted by Gasteiger charge is 2.50. The number of rotatable bonds is 1. The molecule has 2 unspecified atom stereocenters. The van der Waals surface area contributed by atoms with Crippen LogP contribution in [0.5, 0.6) is 0 Å². The first kappa shape index (κ1) is 9.49. The van der Waals surface area contributed by atoms with Crippen LogP contribution in [0.1, 0.15) is 33.1 Å². The van der Waals surface area contributed by atoms with Crippen LogP contribution >= 0.6 is 0 Å². The van der Waals surface area contributed by atoms with Gasteiger partial charge in [-0.05, 0) is 31.1 Å². The van der Waals surface area contributed by atoms with Crippen molar-refractivity contribution in [1.82, 2.24) is 5.43 Å². The summed E-state index contributed by atoms with van der Waals surface area (Å²) in [7, 11) is 0. The Morgan fingerprint density at radius 3 is 2.79 bits per heavy atom. The Labute approximate surface area is 83.9 Å². The quantitative estimate of drug-likeness (QED) is 0.611. The van der Waals surface area contributed by atoms with Crippen molar-refractivity contribution in [1.29, 1.82) is 0 Å². The second-order valence-electron chi connectivity index (χ2n) is 4.90. The molecule has 2 fully saturated rings. The monoisotopic (exact) mass is 195 g/mol. The van der Waals surface area contributed by atoms with E-state index in [0.29, 0.717) is 5.92 Å². The van der Waals surface area contributed by atoms with Crippen LogP contribution in [-0.4, -0.2) is 11.7 Å².